The SMILES string of the molecule is C#CCNCCn1ncc(Cl)c1C. The Morgan fingerprint density at radius 2 is 2.54 bits per heavy atom. The van der Waals surface area contributed by atoms with Crippen LogP contribution in [-0.4, -0.2) is 22.9 Å². The fraction of sp³-hybridized carbons (Fsp3) is 0.444. The third kappa shape index (κ3) is 2.76. The largest absolute Gasteiger partial charge is 0.304 e. The highest BCUT2D eigenvalue weighted by molar-refractivity contribution is 6.31. The first-order valence-corrected chi connectivity index (χ1v) is 4.45. The van der Waals surface area contributed by atoms with Crippen LogP contribution in [0.3, 0.4) is 0 Å². The average Bonchev–Trinajstić information content (AvgIpc) is 2.43. The van der Waals surface area contributed by atoms with Crippen LogP contribution in [0.2, 0.25) is 5.02 Å². The number of hydrogen-bond acceptors (Lipinski definition) is 2. The second kappa shape index (κ2) is 4.90. The van der Waals surface area contributed by atoms with Crippen LogP contribution < -0.4 is 5.32 Å². The summed E-state index contributed by atoms with van der Waals surface area (Å²) in [6.07, 6.45) is 6.74. The minimum absolute atomic E-state index is 0.591. The third-order valence-electron chi connectivity index (χ3n) is 1.77. The molecule has 0 fully saturated rings. The first-order chi connectivity index (χ1) is 6.25. The summed E-state index contributed by atoms with van der Waals surface area (Å²) in [6.45, 7) is 4.13. The zero-order valence-electron chi connectivity index (χ0n) is 7.55. The molecule has 0 unspecified atom stereocenters. The van der Waals surface area contributed by atoms with Gasteiger partial charge in [-0.25, -0.2) is 0 Å². The summed E-state index contributed by atoms with van der Waals surface area (Å²) in [5.74, 6) is 2.51. The fourth-order valence-electron chi connectivity index (χ4n) is 0.995. The zero-order chi connectivity index (χ0) is 9.68. The second-order valence-electron chi connectivity index (χ2n) is 2.68. The highest BCUT2D eigenvalue weighted by Crippen LogP contribution is 2.12. The number of terminal acetylenes is 1. The summed E-state index contributed by atoms with van der Waals surface area (Å²) >= 11 is 5.83. The Kier molecular flexibility index (Phi) is 3.81. The molecule has 0 aromatic carbocycles. The molecule has 0 saturated carbocycles. The van der Waals surface area contributed by atoms with Crippen LogP contribution >= 0.6 is 11.6 Å². The lowest BCUT2D eigenvalue weighted by molar-refractivity contribution is 0.563. The predicted octanol–water partition coefficient (Wildman–Crippen LogP) is 1.07. The van der Waals surface area contributed by atoms with Gasteiger partial charge in [-0.1, -0.05) is 17.5 Å². The second-order valence-corrected chi connectivity index (χ2v) is 3.09. The fourth-order valence-corrected chi connectivity index (χ4v) is 1.14. The monoisotopic (exact) mass is 197 g/mol. The van der Waals surface area contributed by atoms with Crippen molar-refractivity contribution in [1.29, 1.82) is 0 Å². The van der Waals surface area contributed by atoms with Crippen molar-refractivity contribution >= 4 is 11.6 Å². The van der Waals surface area contributed by atoms with Crippen LogP contribution in [0.4, 0.5) is 0 Å². The van der Waals surface area contributed by atoms with Crippen molar-refractivity contribution in [3.63, 3.8) is 0 Å². The molecule has 0 spiro atoms. The summed E-state index contributed by atoms with van der Waals surface area (Å²) in [4.78, 5) is 0. The van der Waals surface area contributed by atoms with Crippen molar-refractivity contribution in [3.8, 4) is 12.3 Å². The Bertz CT molecular complexity index is 311. The lowest BCUT2D eigenvalue weighted by atomic mass is 10.4. The maximum atomic E-state index is 5.83. The number of nitrogens with zero attached hydrogens (tertiary/aromatic N) is 2. The van der Waals surface area contributed by atoms with Gasteiger partial charge in [-0.2, -0.15) is 5.10 Å². The summed E-state index contributed by atoms with van der Waals surface area (Å²) in [6, 6.07) is 0. The van der Waals surface area contributed by atoms with Crippen LogP contribution in [0.5, 0.6) is 0 Å². The van der Waals surface area contributed by atoms with Crippen molar-refractivity contribution in [2.24, 2.45) is 0 Å². The van der Waals surface area contributed by atoms with Gasteiger partial charge in [-0.3, -0.25) is 4.68 Å². The van der Waals surface area contributed by atoms with Gasteiger partial charge in [0.05, 0.1) is 30.0 Å². The van der Waals surface area contributed by atoms with E-state index in [9.17, 15) is 0 Å². The summed E-state index contributed by atoms with van der Waals surface area (Å²) in [7, 11) is 0. The van der Waals surface area contributed by atoms with Crippen molar-refractivity contribution in [2.45, 2.75) is 13.5 Å². The van der Waals surface area contributed by atoms with Crippen LogP contribution in [-0.2, 0) is 6.54 Å². The third-order valence-corrected chi connectivity index (χ3v) is 2.14. The molecule has 0 amide bonds. The van der Waals surface area contributed by atoms with Gasteiger partial charge in [-0.05, 0) is 6.92 Å². The Morgan fingerprint density at radius 1 is 1.77 bits per heavy atom. The van der Waals surface area contributed by atoms with Gasteiger partial charge in [-0.15, -0.1) is 6.42 Å². The van der Waals surface area contributed by atoms with E-state index in [1.165, 1.54) is 0 Å². The number of halogens is 1. The van der Waals surface area contributed by atoms with E-state index in [-0.39, 0.29) is 0 Å². The van der Waals surface area contributed by atoms with E-state index in [4.69, 9.17) is 18.0 Å². The predicted molar refractivity (Wildman–Crippen MR) is 53.7 cm³/mol. The van der Waals surface area contributed by atoms with E-state index in [0.29, 0.717) is 11.6 Å². The molecule has 0 aliphatic carbocycles. The molecule has 1 aromatic rings. The van der Waals surface area contributed by atoms with E-state index in [0.717, 1.165) is 18.8 Å². The van der Waals surface area contributed by atoms with Gasteiger partial charge in [0.25, 0.3) is 0 Å². The smallest absolute Gasteiger partial charge is 0.0814 e. The molecule has 0 atom stereocenters. The Labute approximate surface area is 83.1 Å². The molecule has 0 bridgehead atoms. The van der Waals surface area contributed by atoms with Gasteiger partial charge in [0.1, 0.15) is 0 Å². The number of aromatic nitrogens is 2. The number of rotatable bonds is 4. The maximum absolute atomic E-state index is 5.83. The number of nitrogens with one attached hydrogen (secondary N) is 1. The highest BCUT2D eigenvalue weighted by Gasteiger charge is 2.01. The molecule has 0 aliphatic rings. The maximum Gasteiger partial charge on any atom is 0.0814 e. The molecule has 13 heavy (non-hydrogen) atoms. The highest BCUT2D eigenvalue weighted by atomic mass is 35.5. The van der Waals surface area contributed by atoms with Gasteiger partial charge in [0, 0.05) is 6.54 Å². The Hall–Kier alpha value is -0.980. The van der Waals surface area contributed by atoms with Gasteiger partial charge in [0.15, 0.2) is 0 Å². The Morgan fingerprint density at radius 3 is 3.08 bits per heavy atom. The van der Waals surface area contributed by atoms with Gasteiger partial charge in [0.2, 0.25) is 0 Å². The van der Waals surface area contributed by atoms with E-state index >= 15 is 0 Å². The van der Waals surface area contributed by atoms with Crippen LogP contribution in [0, 0.1) is 19.3 Å². The molecular weight excluding hydrogens is 186 g/mol. The minimum atomic E-state index is 0.591. The number of hydrogen-bond donors (Lipinski definition) is 1. The van der Waals surface area contributed by atoms with Crippen LogP contribution in [0.15, 0.2) is 6.20 Å². The van der Waals surface area contributed by atoms with Crippen molar-refractivity contribution in [2.75, 3.05) is 13.1 Å². The molecule has 1 rings (SSSR count). The summed E-state index contributed by atoms with van der Waals surface area (Å²) in [5, 5.41) is 7.89. The first kappa shape index (κ1) is 10.1. The van der Waals surface area contributed by atoms with Gasteiger partial charge >= 0.3 is 0 Å². The molecular formula is C9H12ClN3. The molecule has 70 valence electrons. The molecule has 1 aromatic heterocycles. The van der Waals surface area contributed by atoms with Gasteiger partial charge < -0.3 is 5.32 Å². The van der Waals surface area contributed by atoms with Crippen molar-refractivity contribution < 1.29 is 0 Å². The molecule has 0 saturated heterocycles. The van der Waals surface area contributed by atoms with Crippen LogP contribution in [0.25, 0.3) is 0 Å². The molecule has 1 N–H and O–H groups in total. The molecule has 0 aliphatic heterocycles. The van der Waals surface area contributed by atoms with Crippen LogP contribution in [0.1, 0.15) is 5.69 Å². The van der Waals surface area contributed by atoms with Crippen molar-refractivity contribution in [3.05, 3.63) is 16.9 Å². The summed E-state index contributed by atoms with van der Waals surface area (Å²) < 4.78 is 1.85. The summed E-state index contributed by atoms with van der Waals surface area (Å²) in [5.41, 5.74) is 0.990. The minimum Gasteiger partial charge on any atom is -0.304 e. The standard InChI is InChI=1S/C9H12ClN3/c1-3-4-11-5-6-13-8(2)9(10)7-12-13/h1,7,11H,4-6H2,2H3. The van der Waals surface area contributed by atoms with E-state index in [2.05, 4.69) is 16.3 Å². The lowest BCUT2D eigenvalue weighted by Crippen LogP contribution is -2.21. The van der Waals surface area contributed by atoms with E-state index in [1.54, 1.807) is 6.20 Å². The lowest BCUT2D eigenvalue weighted by Gasteiger charge is -2.03. The van der Waals surface area contributed by atoms with E-state index < -0.39 is 0 Å². The normalized spacial score (nSPS) is 9.92. The Balaban J connectivity index is 2.38. The molecule has 3 nitrogen and oxygen atoms in total. The first-order valence-electron chi connectivity index (χ1n) is 4.08. The average molecular weight is 198 g/mol. The molecule has 4 heteroatoms. The van der Waals surface area contributed by atoms with E-state index in [1.807, 2.05) is 11.6 Å². The van der Waals surface area contributed by atoms with Crippen molar-refractivity contribution in [1.82, 2.24) is 15.1 Å². The zero-order valence-corrected chi connectivity index (χ0v) is 8.30. The molecule has 1 heterocycles. The quantitative estimate of drug-likeness (QED) is 0.578. The topological polar surface area (TPSA) is 29.9 Å². The molecule has 0 radical (unpaired) electrons.